The molecule has 12 heteroatoms. The molecule has 0 aliphatic carbocycles. The van der Waals surface area contributed by atoms with E-state index in [0.717, 1.165) is 10.4 Å². The van der Waals surface area contributed by atoms with Gasteiger partial charge in [-0.1, -0.05) is 0 Å². The first-order valence-corrected chi connectivity index (χ1v) is 10.2. The molecule has 0 saturated heterocycles. The molecule has 1 aromatic carbocycles. The number of carbonyl (C=O) groups excluding carboxylic acids is 1. The average Bonchev–Trinajstić information content (AvgIpc) is 2.67. The molecule has 2 aliphatic heterocycles. The second-order valence-corrected chi connectivity index (χ2v) is 8.81. The summed E-state index contributed by atoms with van der Waals surface area (Å²) in [5.74, 6) is -1.91. The molecule has 0 bridgehead atoms. The molecule has 0 saturated carbocycles. The van der Waals surface area contributed by atoms with Crippen LogP contribution in [0.3, 0.4) is 0 Å². The van der Waals surface area contributed by atoms with Crippen LogP contribution in [0.15, 0.2) is 33.2 Å². The van der Waals surface area contributed by atoms with E-state index in [2.05, 4.69) is 20.3 Å². The Kier molecular flexibility index (Phi) is 5.41. The first-order valence-electron chi connectivity index (χ1n) is 8.59. The van der Waals surface area contributed by atoms with Crippen LogP contribution in [0.2, 0.25) is 0 Å². The van der Waals surface area contributed by atoms with Crippen molar-refractivity contribution in [3.8, 4) is 0 Å². The summed E-state index contributed by atoms with van der Waals surface area (Å²) in [7, 11) is -1.00. The zero-order chi connectivity index (χ0) is 21.4. The lowest BCUT2D eigenvalue weighted by Crippen LogP contribution is -2.50. The minimum Gasteiger partial charge on any atom is -0.369 e. The fourth-order valence-corrected chi connectivity index (χ4v) is 4.43. The van der Waals surface area contributed by atoms with Crippen molar-refractivity contribution in [2.75, 3.05) is 31.8 Å². The van der Waals surface area contributed by atoms with E-state index in [4.69, 9.17) is 10.5 Å². The maximum absolute atomic E-state index is 14.6. The predicted octanol–water partition coefficient (Wildman–Crippen LogP) is 0.0672. The normalized spacial score (nSPS) is 25.9. The Bertz CT molecular complexity index is 1040. The molecule has 3 N–H and O–H groups in total. The summed E-state index contributed by atoms with van der Waals surface area (Å²) >= 11 is 0. The van der Waals surface area contributed by atoms with Crippen LogP contribution in [0.25, 0.3) is 0 Å². The molecule has 0 fully saturated rings. The molecule has 1 amide bonds. The summed E-state index contributed by atoms with van der Waals surface area (Å²) in [6.07, 6.45) is 0.867. The van der Waals surface area contributed by atoms with Crippen molar-refractivity contribution in [3.63, 3.8) is 0 Å². The third-order valence-electron chi connectivity index (χ3n) is 4.65. The second-order valence-electron chi connectivity index (χ2n) is 6.81. The van der Waals surface area contributed by atoms with Crippen molar-refractivity contribution >= 4 is 39.5 Å². The minimum atomic E-state index is -3.77. The van der Waals surface area contributed by atoms with Crippen molar-refractivity contribution in [2.24, 2.45) is 20.7 Å². The zero-order valence-electron chi connectivity index (χ0n) is 16.1. The Morgan fingerprint density at radius 1 is 1.45 bits per heavy atom. The van der Waals surface area contributed by atoms with Gasteiger partial charge in [0.2, 0.25) is 16.0 Å². The predicted molar refractivity (Wildman–Crippen MR) is 107 cm³/mol. The number of hydrogen-bond acceptors (Lipinski definition) is 8. The number of sulfonamides is 1. The molecule has 29 heavy (non-hydrogen) atoms. The molecule has 3 rings (SSSR count). The smallest absolute Gasteiger partial charge is 0.275 e. The molecule has 0 aromatic heterocycles. The van der Waals surface area contributed by atoms with Gasteiger partial charge in [0.15, 0.2) is 6.23 Å². The van der Waals surface area contributed by atoms with Crippen LogP contribution in [0.5, 0.6) is 0 Å². The summed E-state index contributed by atoms with van der Waals surface area (Å²) in [4.78, 5) is 24.7. The topological polar surface area (TPSA) is 139 Å². The molecule has 0 spiro atoms. The summed E-state index contributed by atoms with van der Waals surface area (Å²) in [6.45, 7) is 1.68. The van der Waals surface area contributed by atoms with Gasteiger partial charge in [-0.3, -0.25) is 14.8 Å². The summed E-state index contributed by atoms with van der Waals surface area (Å²) in [6, 6.07) is 3.82. The highest BCUT2D eigenvalue weighted by Crippen LogP contribution is 2.34. The van der Waals surface area contributed by atoms with Gasteiger partial charge < -0.3 is 15.8 Å². The van der Waals surface area contributed by atoms with E-state index >= 15 is 0 Å². The number of hydrogen-bond donors (Lipinski definition) is 2. The molecular formula is C17H21FN6O4S. The summed E-state index contributed by atoms with van der Waals surface area (Å²) in [5.41, 5.74) is 4.61. The fraction of sp³-hybridized carbons (Fsp3) is 0.412. The number of halogens is 1. The van der Waals surface area contributed by atoms with Gasteiger partial charge in [-0.15, -0.1) is 0 Å². The number of nitrogens with zero attached hydrogens (tertiary/aromatic N) is 4. The minimum absolute atomic E-state index is 0.00591. The third-order valence-corrected chi connectivity index (χ3v) is 6.60. The van der Waals surface area contributed by atoms with Gasteiger partial charge in [0.05, 0.1) is 18.5 Å². The quantitative estimate of drug-likeness (QED) is 0.704. The molecule has 2 aliphatic rings. The average molecular weight is 424 g/mol. The number of ether oxygens (including phenoxy) is 1. The van der Waals surface area contributed by atoms with Crippen molar-refractivity contribution in [1.29, 1.82) is 0 Å². The summed E-state index contributed by atoms with van der Waals surface area (Å²) < 4.78 is 45.1. The van der Waals surface area contributed by atoms with Crippen molar-refractivity contribution in [2.45, 2.75) is 18.7 Å². The molecule has 2 heterocycles. The maximum Gasteiger partial charge on any atom is 0.275 e. The van der Waals surface area contributed by atoms with Crippen LogP contribution in [0.1, 0.15) is 12.5 Å². The monoisotopic (exact) mass is 424 g/mol. The number of aliphatic imine (C=N–C) groups is 3. The molecule has 10 nitrogen and oxygen atoms in total. The van der Waals surface area contributed by atoms with E-state index in [-0.39, 0.29) is 29.5 Å². The fourth-order valence-electron chi connectivity index (χ4n) is 2.98. The highest BCUT2D eigenvalue weighted by atomic mass is 32.2. The van der Waals surface area contributed by atoms with E-state index in [1.807, 2.05) is 0 Å². The van der Waals surface area contributed by atoms with E-state index in [0.29, 0.717) is 0 Å². The largest absolute Gasteiger partial charge is 0.369 e. The van der Waals surface area contributed by atoms with Gasteiger partial charge in [0, 0.05) is 25.4 Å². The zero-order valence-corrected chi connectivity index (χ0v) is 16.9. The lowest BCUT2D eigenvalue weighted by atomic mass is 9.93. The number of nitrogens with two attached hydrogens (primary N) is 1. The molecular weight excluding hydrogens is 403 g/mol. The number of guanidine groups is 1. The Balaban J connectivity index is 1.89. The molecule has 2 atom stereocenters. The van der Waals surface area contributed by atoms with Gasteiger partial charge in [-0.05, 0) is 25.1 Å². The van der Waals surface area contributed by atoms with Crippen molar-refractivity contribution < 1.29 is 22.3 Å². The van der Waals surface area contributed by atoms with Crippen LogP contribution < -0.4 is 11.1 Å². The number of anilines is 1. The van der Waals surface area contributed by atoms with Gasteiger partial charge in [0.25, 0.3) is 5.91 Å². The number of carbonyl (C=O) groups is 1. The maximum atomic E-state index is 14.6. The van der Waals surface area contributed by atoms with Crippen LogP contribution in [-0.4, -0.2) is 69.2 Å². The van der Waals surface area contributed by atoms with E-state index in [1.165, 1.54) is 39.4 Å². The molecule has 156 valence electrons. The Morgan fingerprint density at radius 2 is 2.17 bits per heavy atom. The van der Waals surface area contributed by atoms with Crippen LogP contribution in [0.4, 0.5) is 10.1 Å². The first-order chi connectivity index (χ1) is 13.6. The van der Waals surface area contributed by atoms with Gasteiger partial charge in [-0.25, -0.2) is 22.1 Å². The standard InChI is InChI=1S/C17H21FN6O4S/c1-17(9-29(26,27)24(2)16(19)23-17)11-6-10(4-5-12(11)18)22-15(25)13-7-21-14(28-3)8-20-13/h4-7,14H,8-9H2,1-3H3,(H2,19,23)(H,22,25). The van der Waals surface area contributed by atoms with Gasteiger partial charge in [0.1, 0.15) is 17.1 Å². The Labute approximate surface area is 167 Å². The van der Waals surface area contributed by atoms with E-state index < -0.39 is 39.3 Å². The first kappa shape index (κ1) is 20.9. The highest BCUT2D eigenvalue weighted by Gasteiger charge is 2.41. The van der Waals surface area contributed by atoms with Crippen LogP contribution >= 0.6 is 0 Å². The van der Waals surface area contributed by atoms with Crippen LogP contribution in [0, 0.1) is 5.82 Å². The van der Waals surface area contributed by atoms with Crippen molar-refractivity contribution in [1.82, 2.24) is 4.31 Å². The molecule has 0 radical (unpaired) electrons. The summed E-state index contributed by atoms with van der Waals surface area (Å²) in [5, 5.41) is 2.60. The number of methoxy groups -OCH3 is 1. The molecule has 1 aromatic rings. The van der Waals surface area contributed by atoms with Gasteiger partial charge in [-0.2, -0.15) is 0 Å². The number of amides is 1. The van der Waals surface area contributed by atoms with Crippen molar-refractivity contribution in [3.05, 3.63) is 29.6 Å². The Hall–Kier alpha value is -2.86. The number of nitrogens with one attached hydrogen (secondary N) is 1. The lowest BCUT2D eigenvalue weighted by molar-refractivity contribution is -0.110. The van der Waals surface area contributed by atoms with E-state index in [9.17, 15) is 17.6 Å². The van der Waals surface area contributed by atoms with E-state index in [1.54, 1.807) is 0 Å². The van der Waals surface area contributed by atoms with Gasteiger partial charge >= 0.3 is 0 Å². The Morgan fingerprint density at radius 3 is 2.76 bits per heavy atom. The number of rotatable bonds is 4. The SMILES string of the molecule is COC1CN=C(C(=O)Nc2ccc(F)c(C3(C)CS(=O)(=O)N(C)C(N)=N3)c2)C=N1. The molecule has 2 unspecified atom stereocenters. The second kappa shape index (κ2) is 7.52. The number of benzene rings is 1. The lowest BCUT2D eigenvalue weighted by Gasteiger charge is -2.34. The highest BCUT2D eigenvalue weighted by molar-refractivity contribution is 7.89. The van der Waals surface area contributed by atoms with Crippen LogP contribution in [-0.2, 0) is 25.1 Å². The third kappa shape index (κ3) is 4.12.